The third-order valence-corrected chi connectivity index (χ3v) is 4.71. The van der Waals surface area contributed by atoms with Crippen molar-refractivity contribution in [2.45, 2.75) is 6.42 Å². The lowest BCUT2D eigenvalue weighted by molar-refractivity contribution is 0.0963. The summed E-state index contributed by atoms with van der Waals surface area (Å²) < 4.78 is 0. The lowest BCUT2D eigenvalue weighted by atomic mass is 9.94. The molecular formula is C25H21N3O. The summed E-state index contributed by atoms with van der Waals surface area (Å²) in [4.78, 5) is 18.2. The highest BCUT2D eigenvalue weighted by Gasteiger charge is 2.20. The average molecular weight is 379 g/mol. The Kier molecular flexibility index (Phi) is 5.34. The van der Waals surface area contributed by atoms with E-state index in [0.717, 1.165) is 33.4 Å². The van der Waals surface area contributed by atoms with Crippen LogP contribution in [0.2, 0.25) is 0 Å². The van der Waals surface area contributed by atoms with Crippen molar-refractivity contribution in [2.75, 3.05) is 5.43 Å². The summed E-state index contributed by atoms with van der Waals surface area (Å²) in [6, 6.07) is 27.2. The van der Waals surface area contributed by atoms with Gasteiger partial charge in [-0.05, 0) is 30.2 Å². The van der Waals surface area contributed by atoms with Crippen molar-refractivity contribution in [2.24, 2.45) is 0 Å². The van der Waals surface area contributed by atoms with Gasteiger partial charge in [0, 0.05) is 10.9 Å². The van der Waals surface area contributed by atoms with Gasteiger partial charge in [-0.2, -0.15) is 0 Å². The zero-order chi connectivity index (χ0) is 20.1. The van der Waals surface area contributed by atoms with Crippen LogP contribution in [0.4, 0.5) is 5.69 Å². The van der Waals surface area contributed by atoms with Gasteiger partial charge in [-0.15, -0.1) is 6.58 Å². The number of allylic oxidation sites excluding steroid dienone is 1. The molecule has 4 aromatic rings. The normalized spacial score (nSPS) is 10.5. The predicted octanol–water partition coefficient (Wildman–Crippen LogP) is 5.39. The molecule has 0 bridgehead atoms. The van der Waals surface area contributed by atoms with Crippen LogP contribution in [0.3, 0.4) is 0 Å². The number of para-hydroxylation sites is 2. The first-order valence-corrected chi connectivity index (χ1v) is 9.47. The van der Waals surface area contributed by atoms with E-state index in [4.69, 9.17) is 4.98 Å². The van der Waals surface area contributed by atoms with Crippen molar-refractivity contribution in [3.8, 4) is 11.3 Å². The Bertz CT molecular complexity index is 1150. The summed E-state index contributed by atoms with van der Waals surface area (Å²) in [5.74, 6) is -0.207. The van der Waals surface area contributed by atoms with Crippen LogP contribution in [0.5, 0.6) is 0 Å². The van der Waals surface area contributed by atoms with Crippen LogP contribution < -0.4 is 10.9 Å². The van der Waals surface area contributed by atoms with Crippen LogP contribution in [-0.4, -0.2) is 10.9 Å². The molecule has 0 unspecified atom stereocenters. The van der Waals surface area contributed by atoms with Gasteiger partial charge in [-0.25, -0.2) is 4.98 Å². The minimum atomic E-state index is -0.207. The fourth-order valence-corrected chi connectivity index (χ4v) is 3.40. The van der Waals surface area contributed by atoms with E-state index in [1.54, 1.807) is 6.08 Å². The van der Waals surface area contributed by atoms with Gasteiger partial charge in [0.15, 0.2) is 0 Å². The maximum Gasteiger partial charge on any atom is 0.270 e. The monoisotopic (exact) mass is 379 g/mol. The van der Waals surface area contributed by atoms with E-state index < -0.39 is 0 Å². The van der Waals surface area contributed by atoms with Crippen molar-refractivity contribution < 1.29 is 4.79 Å². The Morgan fingerprint density at radius 2 is 1.55 bits per heavy atom. The maximum absolute atomic E-state index is 13.3. The third kappa shape index (κ3) is 3.87. The van der Waals surface area contributed by atoms with E-state index in [9.17, 15) is 4.79 Å². The zero-order valence-corrected chi connectivity index (χ0v) is 15.9. The number of carbonyl (C=O) groups excluding carboxylic acids is 1. The Morgan fingerprint density at radius 1 is 0.897 bits per heavy atom. The van der Waals surface area contributed by atoms with Crippen molar-refractivity contribution >= 4 is 22.5 Å². The number of aromatic nitrogens is 1. The molecule has 1 heterocycles. The molecule has 0 aliphatic rings. The lowest BCUT2D eigenvalue weighted by Crippen LogP contribution is -2.30. The molecule has 0 radical (unpaired) electrons. The fourth-order valence-electron chi connectivity index (χ4n) is 3.40. The van der Waals surface area contributed by atoms with Crippen LogP contribution in [-0.2, 0) is 6.42 Å². The molecule has 29 heavy (non-hydrogen) atoms. The van der Waals surface area contributed by atoms with Gasteiger partial charge in [-0.1, -0.05) is 72.8 Å². The zero-order valence-electron chi connectivity index (χ0n) is 15.9. The second-order valence-corrected chi connectivity index (χ2v) is 6.64. The number of hydrazine groups is 1. The van der Waals surface area contributed by atoms with Gasteiger partial charge >= 0.3 is 0 Å². The summed E-state index contributed by atoms with van der Waals surface area (Å²) in [6.07, 6.45) is 2.34. The molecule has 142 valence electrons. The summed E-state index contributed by atoms with van der Waals surface area (Å²) in [5, 5.41) is 0.816. The van der Waals surface area contributed by atoms with Crippen molar-refractivity contribution in [3.63, 3.8) is 0 Å². The molecule has 4 rings (SSSR count). The van der Waals surface area contributed by atoms with E-state index in [0.29, 0.717) is 12.0 Å². The molecule has 4 nitrogen and oxygen atoms in total. The van der Waals surface area contributed by atoms with Crippen molar-refractivity contribution in [3.05, 3.63) is 109 Å². The number of nitrogens with one attached hydrogen (secondary N) is 2. The molecule has 0 saturated carbocycles. The summed E-state index contributed by atoms with van der Waals surface area (Å²) in [6.45, 7) is 3.89. The van der Waals surface area contributed by atoms with E-state index in [1.807, 2.05) is 84.9 Å². The Morgan fingerprint density at radius 3 is 2.28 bits per heavy atom. The highest BCUT2D eigenvalue weighted by Crippen LogP contribution is 2.31. The number of rotatable bonds is 6. The lowest BCUT2D eigenvalue weighted by Gasteiger charge is -2.17. The number of pyridine rings is 1. The van der Waals surface area contributed by atoms with Crippen molar-refractivity contribution in [1.82, 2.24) is 10.4 Å². The molecule has 0 fully saturated rings. The number of hydrogen-bond donors (Lipinski definition) is 2. The molecule has 0 aliphatic heterocycles. The molecule has 4 heteroatoms. The van der Waals surface area contributed by atoms with Gasteiger partial charge in [0.05, 0.1) is 22.5 Å². The van der Waals surface area contributed by atoms with Gasteiger partial charge < -0.3 is 0 Å². The number of carbonyl (C=O) groups is 1. The Balaban J connectivity index is 1.85. The standard InChI is InChI=1S/C25H21N3O/c1-2-11-21-23(25(29)28-27-19-14-7-4-8-15-19)20-16-9-10-17-22(20)26-24(21)18-12-5-3-6-13-18/h2-10,12-17,27H,1,11H2,(H,28,29). The Hall–Kier alpha value is -3.92. The first kappa shape index (κ1) is 18.4. The largest absolute Gasteiger partial charge is 0.298 e. The average Bonchev–Trinajstić information content (AvgIpc) is 2.78. The summed E-state index contributed by atoms with van der Waals surface area (Å²) >= 11 is 0. The van der Waals surface area contributed by atoms with Crippen molar-refractivity contribution in [1.29, 1.82) is 0 Å². The third-order valence-electron chi connectivity index (χ3n) is 4.71. The molecule has 1 aromatic heterocycles. The van der Waals surface area contributed by atoms with Crippen LogP contribution in [0.15, 0.2) is 97.6 Å². The molecule has 0 spiro atoms. The number of hydrogen-bond acceptors (Lipinski definition) is 3. The number of anilines is 1. The molecule has 0 atom stereocenters. The van der Waals surface area contributed by atoms with Gasteiger partial charge in [0.25, 0.3) is 5.91 Å². The molecule has 2 N–H and O–H groups in total. The first-order chi connectivity index (χ1) is 14.3. The second-order valence-electron chi connectivity index (χ2n) is 6.64. The fraction of sp³-hybridized carbons (Fsp3) is 0.0400. The Labute approximate surface area is 169 Å². The predicted molar refractivity (Wildman–Crippen MR) is 119 cm³/mol. The highest BCUT2D eigenvalue weighted by molar-refractivity contribution is 6.09. The number of amides is 1. The van der Waals surface area contributed by atoms with Crippen LogP contribution in [0.1, 0.15) is 15.9 Å². The van der Waals surface area contributed by atoms with Gasteiger partial charge in [-0.3, -0.25) is 15.6 Å². The number of fused-ring (bicyclic) bond motifs is 1. The minimum absolute atomic E-state index is 0.207. The van der Waals surface area contributed by atoms with Gasteiger partial charge in [0.2, 0.25) is 0 Å². The second kappa shape index (κ2) is 8.40. The van der Waals surface area contributed by atoms with Crippen LogP contribution >= 0.6 is 0 Å². The quantitative estimate of drug-likeness (QED) is 0.349. The minimum Gasteiger partial charge on any atom is -0.298 e. The molecule has 1 amide bonds. The van der Waals surface area contributed by atoms with Crippen LogP contribution in [0, 0.1) is 0 Å². The summed E-state index contributed by atoms with van der Waals surface area (Å²) in [5.41, 5.74) is 10.7. The van der Waals surface area contributed by atoms with E-state index >= 15 is 0 Å². The highest BCUT2D eigenvalue weighted by atomic mass is 16.2. The number of nitrogens with zero attached hydrogens (tertiary/aromatic N) is 1. The SMILES string of the molecule is C=CCc1c(-c2ccccc2)nc2ccccc2c1C(=O)NNc1ccccc1. The first-order valence-electron chi connectivity index (χ1n) is 9.47. The molecule has 0 aliphatic carbocycles. The molecule has 3 aromatic carbocycles. The van der Waals surface area contributed by atoms with E-state index in [2.05, 4.69) is 17.4 Å². The topological polar surface area (TPSA) is 54.0 Å². The maximum atomic E-state index is 13.3. The summed E-state index contributed by atoms with van der Waals surface area (Å²) in [7, 11) is 0. The van der Waals surface area contributed by atoms with E-state index in [1.165, 1.54) is 0 Å². The van der Waals surface area contributed by atoms with Gasteiger partial charge in [0.1, 0.15) is 0 Å². The molecule has 0 saturated heterocycles. The number of benzene rings is 3. The smallest absolute Gasteiger partial charge is 0.270 e. The van der Waals surface area contributed by atoms with E-state index in [-0.39, 0.29) is 5.91 Å². The molecular weight excluding hydrogens is 358 g/mol. The van der Waals surface area contributed by atoms with Crippen LogP contribution in [0.25, 0.3) is 22.2 Å².